The van der Waals surface area contributed by atoms with Crippen molar-refractivity contribution in [3.05, 3.63) is 71.8 Å². The number of carbonyl (C=O) groups is 1. The summed E-state index contributed by atoms with van der Waals surface area (Å²) in [5, 5.41) is 10.2. The Hall–Kier alpha value is -3.57. The lowest BCUT2D eigenvalue weighted by Crippen LogP contribution is -2.37. The van der Waals surface area contributed by atoms with Gasteiger partial charge in [0.25, 0.3) is 0 Å². The minimum Gasteiger partial charge on any atom is -0.474 e. The highest BCUT2D eigenvalue weighted by atomic mass is 19.4. The standard InChI is InChI=1S/C27H32F3N5O3/c1-19-24(35(22-11-7-4-8-12-22)33-25(19)38-14-13-37-2)32-26(36)31-15-21-16-34(18-27(28,29)30)17-23(21)20-9-5-3-6-10-20/h3-12,21,23H,13-18H2,1-2H3,(H2,31,32,36). The number of methoxy groups -OCH3 is 1. The zero-order chi connectivity index (χ0) is 27.1. The maximum absolute atomic E-state index is 13.1. The fraction of sp³-hybridized carbons (Fsp3) is 0.407. The maximum atomic E-state index is 13.1. The molecule has 1 fully saturated rings. The number of para-hydroxylation sites is 1. The minimum atomic E-state index is -4.28. The van der Waals surface area contributed by atoms with Crippen LogP contribution in [0.25, 0.3) is 5.69 Å². The van der Waals surface area contributed by atoms with E-state index in [1.807, 2.05) is 60.7 Å². The third-order valence-electron chi connectivity index (χ3n) is 6.51. The lowest BCUT2D eigenvalue weighted by Gasteiger charge is -2.19. The van der Waals surface area contributed by atoms with Crippen molar-refractivity contribution in [2.75, 3.05) is 51.8 Å². The molecule has 2 atom stereocenters. The van der Waals surface area contributed by atoms with Gasteiger partial charge in [-0.25, -0.2) is 9.48 Å². The molecule has 0 aliphatic carbocycles. The number of alkyl halides is 3. The highest BCUT2D eigenvalue weighted by molar-refractivity contribution is 5.89. The van der Waals surface area contributed by atoms with Crippen LogP contribution in [0.2, 0.25) is 0 Å². The van der Waals surface area contributed by atoms with E-state index in [9.17, 15) is 18.0 Å². The second-order valence-electron chi connectivity index (χ2n) is 9.29. The quantitative estimate of drug-likeness (QED) is 0.374. The molecule has 38 heavy (non-hydrogen) atoms. The van der Waals surface area contributed by atoms with Crippen LogP contribution < -0.4 is 15.4 Å². The van der Waals surface area contributed by atoms with E-state index in [0.717, 1.165) is 11.3 Å². The number of hydrogen-bond acceptors (Lipinski definition) is 5. The van der Waals surface area contributed by atoms with Crippen molar-refractivity contribution in [3.63, 3.8) is 0 Å². The number of aromatic nitrogens is 2. The summed E-state index contributed by atoms with van der Waals surface area (Å²) >= 11 is 0. The number of amides is 2. The molecule has 2 amide bonds. The Morgan fingerprint density at radius 3 is 2.39 bits per heavy atom. The van der Waals surface area contributed by atoms with Gasteiger partial charge in [0.2, 0.25) is 5.88 Å². The van der Waals surface area contributed by atoms with Gasteiger partial charge in [-0.15, -0.1) is 5.10 Å². The largest absolute Gasteiger partial charge is 0.474 e. The molecule has 2 unspecified atom stereocenters. The molecule has 1 aromatic heterocycles. The van der Waals surface area contributed by atoms with E-state index in [1.165, 1.54) is 4.90 Å². The van der Waals surface area contributed by atoms with Crippen LogP contribution >= 0.6 is 0 Å². The molecular formula is C27H32F3N5O3. The first kappa shape index (κ1) is 27.5. The number of rotatable bonds is 10. The molecule has 4 rings (SSSR count). The number of benzene rings is 2. The third-order valence-corrected chi connectivity index (χ3v) is 6.51. The van der Waals surface area contributed by atoms with Gasteiger partial charge in [0.15, 0.2) is 0 Å². The highest BCUT2D eigenvalue weighted by Gasteiger charge is 2.39. The predicted octanol–water partition coefficient (Wildman–Crippen LogP) is 4.61. The number of halogens is 3. The molecule has 8 nitrogen and oxygen atoms in total. The molecule has 1 saturated heterocycles. The number of hydrogen-bond donors (Lipinski definition) is 2. The van der Waals surface area contributed by atoms with Crippen molar-refractivity contribution in [2.45, 2.75) is 19.0 Å². The molecule has 3 aromatic rings. The SMILES string of the molecule is COCCOc1nn(-c2ccccc2)c(NC(=O)NCC2CN(CC(F)(F)F)CC2c2ccccc2)c1C. The van der Waals surface area contributed by atoms with Crippen LogP contribution in [0.3, 0.4) is 0 Å². The Morgan fingerprint density at radius 1 is 1.05 bits per heavy atom. The topological polar surface area (TPSA) is 80.6 Å². The van der Waals surface area contributed by atoms with Gasteiger partial charge in [-0.05, 0) is 30.5 Å². The molecule has 2 heterocycles. The van der Waals surface area contributed by atoms with Gasteiger partial charge in [-0.3, -0.25) is 10.2 Å². The third kappa shape index (κ3) is 7.05. The number of urea groups is 1. The summed E-state index contributed by atoms with van der Waals surface area (Å²) in [5.41, 5.74) is 2.33. The summed E-state index contributed by atoms with van der Waals surface area (Å²) in [4.78, 5) is 14.4. The monoisotopic (exact) mass is 531 g/mol. The fourth-order valence-corrected chi connectivity index (χ4v) is 4.74. The van der Waals surface area contributed by atoms with Crippen LogP contribution in [0.15, 0.2) is 60.7 Å². The Bertz CT molecular complexity index is 1190. The highest BCUT2D eigenvalue weighted by Crippen LogP contribution is 2.34. The Morgan fingerprint density at radius 2 is 1.74 bits per heavy atom. The summed E-state index contributed by atoms with van der Waals surface area (Å²) in [5.74, 6) is 0.490. The van der Waals surface area contributed by atoms with E-state index in [2.05, 4.69) is 15.7 Å². The smallest absolute Gasteiger partial charge is 0.401 e. The van der Waals surface area contributed by atoms with Crippen LogP contribution in [0.4, 0.5) is 23.8 Å². The number of anilines is 1. The zero-order valence-corrected chi connectivity index (χ0v) is 21.4. The molecule has 204 valence electrons. The molecular weight excluding hydrogens is 499 g/mol. The molecule has 2 N–H and O–H groups in total. The van der Waals surface area contributed by atoms with Crippen molar-refractivity contribution in [1.29, 1.82) is 0 Å². The fourth-order valence-electron chi connectivity index (χ4n) is 4.74. The summed E-state index contributed by atoms with van der Waals surface area (Å²) in [7, 11) is 1.57. The summed E-state index contributed by atoms with van der Waals surface area (Å²) in [6.45, 7) is 2.23. The van der Waals surface area contributed by atoms with Gasteiger partial charge < -0.3 is 14.8 Å². The van der Waals surface area contributed by atoms with Crippen LogP contribution in [-0.4, -0.2) is 73.4 Å². The number of likely N-dealkylation sites (tertiary alicyclic amines) is 1. The van der Waals surface area contributed by atoms with Gasteiger partial charge in [0.1, 0.15) is 12.4 Å². The lowest BCUT2D eigenvalue weighted by atomic mass is 9.89. The van der Waals surface area contributed by atoms with Crippen LogP contribution in [0.5, 0.6) is 5.88 Å². The first-order chi connectivity index (χ1) is 18.2. The normalized spacial score (nSPS) is 17.9. The van der Waals surface area contributed by atoms with E-state index in [-0.39, 0.29) is 31.5 Å². The van der Waals surface area contributed by atoms with Crippen LogP contribution in [0.1, 0.15) is 17.0 Å². The van der Waals surface area contributed by atoms with Crippen molar-refractivity contribution < 1.29 is 27.4 Å². The summed E-state index contributed by atoms with van der Waals surface area (Å²) < 4.78 is 51.6. The Kier molecular flexibility index (Phi) is 8.90. The van der Waals surface area contributed by atoms with E-state index >= 15 is 0 Å². The first-order valence-electron chi connectivity index (χ1n) is 12.4. The van der Waals surface area contributed by atoms with Crippen molar-refractivity contribution in [3.8, 4) is 11.6 Å². The minimum absolute atomic E-state index is 0.128. The molecule has 0 radical (unpaired) electrons. The number of nitrogens with zero attached hydrogens (tertiary/aromatic N) is 3. The molecule has 11 heteroatoms. The van der Waals surface area contributed by atoms with Gasteiger partial charge in [0, 0.05) is 32.7 Å². The Labute approximate surface area is 219 Å². The maximum Gasteiger partial charge on any atom is 0.401 e. The van der Waals surface area contributed by atoms with Crippen molar-refractivity contribution in [2.24, 2.45) is 5.92 Å². The van der Waals surface area contributed by atoms with Gasteiger partial charge in [-0.1, -0.05) is 48.5 Å². The van der Waals surface area contributed by atoms with Crippen molar-refractivity contribution in [1.82, 2.24) is 20.0 Å². The van der Waals surface area contributed by atoms with Crippen LogP contribution in [0, 0.1) is 12.8 Å². The van der Waals surface area contributed by atoms with Crippen LogP contribution in [-0.2, 0) is 4.74 Å². The molecule has 2 aromatic carbocycles. The van der Waals surface area contributed by atoms with Crippen molar-refractivity contribution >= 4 is 11.8 Å². The summed E-state index contributed by atoms with van der Waals surface area (Å²) in [6.07, 6.45) is -4.28. The second-order valence-corrected chi connectivity index (χ2v) is 9.29. The van der Waals surface area contributed by atoms with E-state index in [1.54, 1.807) is 18.7 Å². The van der Waals surface area contributed by atoms with Gasteiger partial charge >= 0.3 is 12.2 Å². The molecule has 1 aliphatic rings. The van der Waals surface area contributed by atoms with Gasteiger partial charge in [-0.2, -0.15) is 13.2 Å². The van der Waals surface area contributed by atoms with E-state index < -0.39 is 18.8 Å². The number of ether oxygens (including phenoxy) is 2. The average molecular weight is 532 g/mol. The number of carbonyl (C=O) groups excluding carboxylic acids is 1. The molecule has 0 bridgehead atoms. The first-order valence-corrected chi connectivity index (χ1v) is 12.4. The summed E-state index contributed by atoms with van der Waals surface area (Å²) in [6, 6.07) is 18.3. The van der Waals surface area contributed by atoms with E-state index in [0.29, 0.717) is 30.5 Å². The lowest BCUT2D eigenvalue weighted by molar-refractivity contribution is -0.143. The van der Waals surface area contributed by atoms with Gasteiger partial charge in [0.05, 0.1) is 24.4 Å². The average Bonchev–Trinajstić information content (AvgIpc) is 3.43. The molecule has 0 spiro atoms. The number of nitrogens with one attached hydrogen (secondary N) is 2. The zero-order valence-electron chi connectivity index (χ0n) is 21.4. The Balaban J connectivity index is 1.47. The predicted molar refractivity (Wildman–Crippen MR) is 138 cm³/mol. The second kappa shape index (κ2) is 12.3. The molecule has 1 aliphatic heterocycles. The van der Waals surface area contributed by atoms with E-state index in [4.69, 9.17) is 9.47 Å². The molecule has 0 saturated carbocycles.